The normalized spacial score (nSPS) is 17.3. The van der Waals surface area contributed by atoms with Crippen molar-refractivity contribution >= 4 is 12.2 Å². The lowest BCUT2D eigenvalue weighted by Gasteiger charge is -2.31. The highest BCUT2D eigenvalue weighted by atomic mass is 16.5. The second-order valence-corrected chi connectivity index (χ2v) is 3.92. The molecule has 1 fully saturated rings. The summed E-state index contributed by atoms with van der Waals surface area (Å²) in [5, 5.41) is 2.61. The molecule has 0 aromatic heterocycles. The summed E-state index contributed by atoms with van der Waals surface area (Å²) >= 11 is 0. The van der Waals surface area contributed by atoms with Crippen LogP contribution in [0.25, 0.3) is 0 Å². The van der Waals surface area contributed by atoms with E-state index in [1.165, 1.54) is 12.4 Å². The van der Waals surface area contributed by atoms with Gasteiger partial charge in [-0.3, -0.25) is 0 Å². The summed E-state index contributed by atoms with van der Waals surface area (Å²) in [5.74, 6) is 0.367. The predicted molar refractivity (Wildman–Crippen MR) is 71.1 cm³/mol. The van der Waals surface area contributed by atoms with Gasteiger partial charge in [0.2, 0.25) is 5.88 Å². The summed E-state index contributed by atoms with van der Waals surface area (Å²) in [6.45, 7) is 5.07. The molecule has 1 rings (SSSR count). The number of likely N-dealkylation sites (tertiary alicyclic amines) is 1. The Hall–Kier alpha value is -1.98. The molecule has 3 N–H and O–H groups in total. The first-order valence-corrected chi connectivity index (χ1v) is 5.90. The predicted octanol–water partition coefficient (Wildman–Crippen LogP) is 0.821. The minimum absolute atomic E-state index is 0.0432. The average molecular weight is 252 g/mol. The largest absolute Gasteiger partial charge is 0.475 e. The lowest BCUT2D eigenvalue weighted by atomic mass is 10.1. The van der Waals surface area contributed by atoms with E-state index in [4.69, 9.17) is 10.5 Å². The molecule has 0 bridgehead atoms. The molecule has 1 aliphatic heterocycles. The summed E-state index contributed by atoms with van der Waals surface area (Å²) in [7, 11) is 1.63. The zero-order valence-corrected chi connectivity index (χ0v) is 10.6. The molecule has 0 spiro atoms. The molecule has 100 valence electrons. The van der Waals surface area contributed by atoms with E-state index in [0.717, 1.165) is 12.8 Å². The number of ether oxygens (including phenoxy) is 1. The monoisotopic (exact) mass is 252 g/mol. The third kappa shape index (κ3) is 4.48. The van der Waals surface area contributed by atoms with Crippen LogP contribution in [0.5, 0.6) is 0 Å². The van der Waals surface area contributed by atoms with E-state index in [1.807, 2.05) is 0 Å². The number of nitrogens with one attached hydrogen (secondary N) is 1. The van der Waals surface area contributed by atoms with Gasteiger partial charge in [-0.2, -0.15) is 0 Å². The number of amides is 2. The number of piperidine rings is 1. The summed E-state index contributed by atoms with van der Waals surface area (Å²) in [4.78, 5) is 17.1. The molecule has 2 amide bonds. The molecule has 0 aromatic rings. The maximum Gasteiger partial charge on any atom is 0.317 e. The Kier molecular flexibility index (Phi) is 5.76. The molecule has 0 unspecified atom stereocenters. The van der Waals surface area contributed by atoms with Crippen molar-refractivity contribution < 1.29 is 9.53 Å². The van der Waals surface area contributed by atoms with Crippen molar-refractivity contribution in [3.05, 3.63) is 24.7 Å². The minimum atomic E-state index is -0.0432. The maximum atomic E-state index is 11.4. The van der Waals surface area contributed by atoms with Gasteiger partial charge < -0.3 is 20.7 Å². The molecule has 0 aliphatic carbocycles. The van der Waals surface area contributed by atoms with Gasteiger partial charge in [-0.25, -0.2) is 9.79 Å². The molecular weight excluding hydrogens is 232 g/mol. The molecular formula is C12H20N4O2. The molecule has 0 radical (unpaired) electrons. The van der Waals surface area contributed by atoms with Crippen molar-refractivity contribution in [2.75, 3.05) is 20.1 Å². The number of hydrogen-bond donors (Lipinski definition) is 2. The highest BCUT2D eigenvalue weighted by molar-refractivity contribution is 5.73. The molecule has 0 saturated carbocycles. The van der Waals surface area contributed by atoms with Crippen LogP contribution in [-0.2, 0) is 4.74 Å². The molecule has 18 heavy (non-hydrogen) atoms. The maximum absolute atomic E-state index is 11.4. The van der Waals surface area contributed by atoms with Crippen LogP contribution in [0.15, 0.2) is 29.7 Å². The van der Waals surface area contributed by atoms with Gasteiger partial charge in [0.05, 0.1) is 0 Å². The third-order valence-electron chi connectivity index (χ3n) is 2.66. The SMILES string of the molecule is C=C(/N=C\C=C/N)OC1CCN(C(=O)NC)CC1. The number of hydrogen-bond acceptors (Lipinski definition) is 4. The van der Waals surface area contributed by atoms with Gasteiger partial charge in [0, 0.05) is 39.2 Å². The first kappa shape index (κ1) is 14.1. The molecule has 1 heterocycles. The van der Waals surface area contributed by atoms with Crippen molar-refractivity contribution in [2.45, 2.75) is 18.9 Å². The van der Waals surface area contributed by atoms with Crippen molar-refractivity contribution in [1.82, 2.24) is 10.2 Å². The Bertz CT molecular complexity index is 344. The van der Waals surface area contributed by atoms with Crippen LogP contribution in [0.4, 0.5) is 4.79 Å². The van der Waals surface area contributed by atoms with Gasteiger partial charge in [0.1, 0.15) is 6.10 Å². The molecule has 1 saturated heterocycles. The zero-order valence-electron chi connectivity index (χ0n) is 10.6. The number of urea groups is 1. The fraction of sp³-hybridized carbons (Fsp3) is 0.500. The minimum Gasteiger partial charge on any atom is -0.475 e. The summed E-state index contributed by atoms with van der Waals surface area (Å²) in [5.41, 5.74) is 5.17. The van der Waals surface area contributed by atoms with Crippen LogP contribution < -0.4 is 11.1 Å². The van der Waals surface area contributed by atoms with E-state index in [1.54, 1.807) is 18.0 Å². The summed E-state index contributed by atoms with van der Waals surface area (Å²) in [6.07, 6.45) is 6.16. The number of rotatable bonds is 4. The molecule has 6 heteroatoms. The Morgan fingerprint density at radius 3 is 2.78 bits per heavy atom. The fourth-order valence-corrected chi connectivity index (χ4v) is 1.73. The molecule has 6 nitrogen and oxygen atoms in total. The van der Waals surface area contributed by atoms with Crippen molar-refractivity contribution in [1.29, 1.82) is 0 Å². The second kappa shape index (κ2) is 7.37. The number of carbonyl (C=O) groups excluding carboxylic acids is 1. The van der Waals surface area contributed by atoms with E-state index >= 15 is 0 Å². The third-order valence-corrected chi connectivity index (χ3v) is 2.66. The van der Waals surface area contributed by atoms with E-state index in [0.29, 0.717) is 19.0 Å². The van der Waals surface area contributed by atoms with Crippen LogP contribution in [0.1, 0.15) is 12.8 Å². The Balaban J connectivity index is 2.31. The summed E-state index contributed by atoms with van der Waals surface area (Å²) in [6, 6.07) is -0.0432. The van der Waals surface area contributed by atoms with Crippen molar-refractivity contribution in [3.8, 4) is 0 Å². The number of nitrogens with two attached hydrogens (primary N) is 1. The van der Waals surface area contributed by atoms with Gasteiger partial charge in [0.25, 0.3) is 0 Å². The average Bonchev–Trinajstić information content (AvgIpc) is 2.39. The molecule has 1 aliphatic rings. The van der Waals surface area contributed by atoms with Gasteiger partial charge in [-0.15, -0.1) is 0 Å². The highest BCUT2D eigenvalue weighted by Crippen LogP contribution is 2.16. The van der Waals surface area contributed by atoms with Gasteiger partial charge >= 0.3 is 6.03 Å². The van der Waals surface area contributed by atoms with Gasteiger partial charge in [-0.05, 0) is 18.9 Å². The van der Waals surface area contributed by atoms with E-state index in [-0.39, 0.29) is 12.1 Å². The van der Waals surface area contributed by atoms with Crippen LogP contribution in [0, 0.1) is 0 Å². The number of carbonyl (C=O) groups is 1. The number of aliphatic imine (C=N–C) groups is 1. The molecule has 0 aromatic carbocycles. The van der Waals surface area contributed by atoms with Gasteiger partial charge in [-0.1, -0.05) is 0 Å². The fourth-order valence-electron chi connectivity index (χ4n) is 1.73. The number of nitrogens with zero attached hydrogens (tertiary/aromatic N) is 2. The Morgan fingerprint density at radius 1 is 1.56 bits per heavy atom. The molecule has 0 atom stereocenters. The topological polar surface area (TPSA) is 80.0 Å². The van der Waals surface area contributed by atoms with Crippen LogP contribution in [0.3, 0.4) is 0 Å². The zero-order chi connectivity index (χ0) is 13.4. The smallest absolute Gasteiger partial charge is 0.317 e. The second-order valence-electron chi connectivity index (χ2n) is 3.92. The van der Waals surface area contributed by atoms with E-state index in [2.05, 4.69) is 16.9 Å². The summed E-state index contributed by atoms with van der Waals surface area (Å²) < 4.78 is 5.57. The van der Waals surface area contributed by atoms with E-state index < -0.39 is 0 Å². The standard InChI is InChI=1S/C12H20N4O2/c1-10(15-7-3-6-13)18-11-4-8-16(9-5-11)12(17)14-2/h3,6-7,11H,1,4-5,8-9,13H2,2H3,(H,14,17)/b6-3-,15-7-. The van der Waals surface area contributed by atoms with Crippen LogP contribution >= 0.6 is 0 Å². The lowest BCUT2D eigenvalue weighted by molar-refractivity contribution is 0.0602. The van der Waals surface area contributed by atoms with Gasteiger partial charge in [0.15, 0.2) is 0 Å². The highest BCUT2D eigenvalue weighted by Gasteiger charge is 2.23. The first-order valence-electron chi connectivity index (χ1n) is 5.90. The van der Waals surface area contributed by atoms with E-state index in [9.17, 15) is 4.79 Å². The quantitative estimate of drug-likeness (QED) is 0.574. The van der Waals surface area contributed by atoms with Crippen molar-refractivity contribution in [2.24, 2.45) is 10.7 Å². The Morgan fingerprint density at radius 2 is 2.22 bits per heavy atom. The van der Waals surface area contributed by atoms with Crippen LogP contribution in [-0.4, -0.2) is 43.4 Å². The van der Waals surface area contributed by atoms with Crippen molar-refractivity contribution in [3.63, 3.8) is 0 Å². The lowest BCUT2D eigenvalue weighted by Crippen LogP contribution is -2.44. The number of allylic oxidation sites excluding steroid dienone is 1. The van der Waals surface area contributed by atoms with Crippen LogP contribution in [0.2, 0.25) is 0 Å². The first-order chi connectivity index (χ1) is 8.67. The Labute approximate surface area is 107 Å².